The van der Waals surface area contributed by atoms with E-state index < -0.39 is 23.7 Å². The molecule has 1 aromatic heterocycles. The van der Waals surface area contributed by atoms with Gasteiger partial charge in [-0.2, -0.15) is 0 Å². The maximum Gasteiger partial charge on any atom is 0.411 e. The van der Waals surface area contributed by atoms with Crippen molar-refractivity contribution >= 4 is 12.1 Å². The van der Waals surface area contributed by atoms with Gasteiger partial charge < -0.3 is 18.7 Å². The molecule has 3 rings (SSSR count). The highest BCUT2D eigenvalue weighted by Crippen LogP contribution is 2.34. The Kier molecular flexibility index (Phi) is 5.81. The summed E-state index contributed by atoms with van der Waals surface area (Å²) in [5.74, 6) is 0.861. The summed E-state index contributed by atoms with van der Waals surface area (Å²) in [6.07, 6.45) is 0.0304. The van der Waals surface area contributed by atoms with E-state index >= 15 is 0 Å². The Morgan fingerprint density at radius 1 is 1.28 bits per heavy atom. The Labute approximate surface area is 169 Å². The Bertz CT molecular complexity index is 899. The smallest absolute Gasteiger partial charge is 0.411 e. The van der Waals surface area contributed by atoms with Crippen molar-refractivity contribution in [3.63, 3.8) is 0 Å². The quantitative estimate of drug-likeness (QED) is 0.722. The van der Waals surface area contributed by atoms with Gasteiger partial charge in [-0.1, -0.05) is 11.2 Å². The lowest BCUT2D eigenvalue weighted by molar-refractivity contribution is -0.147. The van der Waals surface area contributed by atoms with E-state index in [0.29, 0.717) is 30.0 Å². The molecule has 0 aliphatic carbocycles. The normalized spacial score (nSPS) is 16.2. The van der Waals surface area contributed by atoms with Gasteiger partial charge in [0.25, 0.3) is 0 Å². The Morgan fingerprint density at radius 2 is 2.03 bits per heavy atom. The summed E-state index contributed by atoms with van der Waals surface area (Å²) < 4.78 is 21.2. The number of benzene rings is 1. The number of hydrogen-bond acceptors (Lipinski definition) is 7. The number of nitrogens with zero attached hydrogens (tertiary/aromatic N) is 2. The molecule has 0 bridgehead atoms. The predicted octanol–water partition coefficient (Wildman–Crippen LogP) is 3.57. The zero-order valence-corrected chi connectivity index (χ0v) is 17.4. The number of fused-ring (bicyclic) bond motifs is 1. The van der Waals surface area contributed by atoms with Crippen molar-refractivity contribution in [1.82, 2.24) is 10.1 Å². The highest BCUT2D eigenvalue weighted by atomic mass is 16.6. The maximum absolute atomic E-state index is 12.6. The molecule has 8 nitrogen and oxygen atoms in total. The summed E-state index contributed by atoms with van der Waals surface area (Å²) in [5.41, 5.74) is 1.67. The first kappa shape index (κ1) is 20.7. The first-order valence-electron chi connectivity index (χ1n) is 9.43. The molecule has 1 aliphatic rings. The third-order valence-electron chi connectivity index (χ3n) is 4.46. The monoisotopic (exact) mass is 402 g/mol. The van der Waals surface area contributed by atoms with Crippen LogP contribution >= 0.6 is 0 Å². The number of methoxy groups -OCH3 is 1. The number of rotatable bonds is 4. The van der Waals surface area contributed by atoms with E-state index in [9.17, 15) is 9.59 Å². The lowest BCUT2D eigenvalue weighted by atomic mass is 9.92. The molecule has 156 valence electrons. The number of esters is 1. The van der Waals surface area contributed by atoms with Crippen LogP contribution in [0.4, 0.5) is 4.79 Å². The predicted molar refractivity (Wildman–Crippen MR) is 103 cm³/mol. The van der Waals surface area contributed by atoms with Crippen LogP contribution < -0.4 is 4.74 Å². The molecule has 0 N–H and O–H groups in total. The average Bonchev–Trinajstić information content (AvgIpc) is 3.08. The second-order valence-corrected chi connectivity index (χ2v) is 7.93. The van der Waals surface area contributed by atoms with E-state index in [1.54, 1.807) is 32.9 Å². The first-order valence-corrected chi connectivity index (χ1v) is 9.43. The van der Waals surface area contributed by atoms with Crippen LogP contribution in [0.1, 0.15) is 49.4 Å². The van der Waals surface area contributed by atoms with Gasteiger partial charge in [-0.25, -0.2) is 9.59 Å². The number of amides is 1. The van der Waals surface area contributed by atoms with Crippen molar-refractivity contribution < 1.29 is 28.3 Å². The van der Waals surface area contributed by atoms with Crippen LogP contribution in [0.25, 0.3) is 0 Å². The van der Waals surface area contributed by atoms with E-state index in [1.165, 1.54) is 12.0 Å². The fraction of sp³-hybridized carbons (Fsp3) is 0.476. The SMILES string of the molecule is COC(=O)[C@H]1c2ccc(OCc3cc(C)on3)cc2CCN1C(=O)OC(C)(C)C. The van der Waals surface area contributed by atoms with E-state index in [0.717, 1.165) is 11.3 Å². The summed E-state index contributed by atoms with van der Waals surface area (Å²) in [5, 5.41) is 3.90. The topological polar surface area (TPSA) is 91.1 Å². The van der Waals surface area contributed by atoms with Gasteiger partial charge in [-0.05, 0) is 57.4 Å². The van der Waals surface area contributed by atoms with Crippen LogP contribution in [0.2, 0.25) is 0 Å². The highest BCUT2D eigenvalue weighted by Gasteiger charge is 2.39. The molecule has 29 heavy (non-hydrogen) atoms. The molecule has 1 amide bonds. The summed E-state index contributed by atoms with van der Waals surface area (Å²) in [6, 6.07) is 6.39. The molecule has 0 unspecified atom stereocenters. The van der Waals surface area contributed by atoms with Crippen molar-refractivity contribution in [2.75, 3.05) is 13.7 Å². The summed E-state index contributed by atoms with van der Waals surface area (Å²) >= 11 is 0. The summed E-state index contributed by atoms with van der Waals surface area (Å²) in [4.78, 5) is 26.5. The largest absolute Gasteiger partial charge is 0.487 e. The molecule has 0 saturated heterocycles. The Hall–Kier alpha value is -3.03. The molecular formula is C21H26N2O6. The molecule has 2 aromatic rings. The minimum Gasteiger partial charge on any atom is -0.487 e. The van der Waals surface area contributed by atoms with Gasteiger partial charge in [0, 0.05) is 12.6 Å². The van der Waals surface area contributed by atoms with Crippen LogP contribution in [0.5, 0.6) is 5.75 Å². The zero-order chi connectivity index (χ0) is 21.2. The molecule has 1 atom stereocenters. The third-order valence-corrected chi connectivity index (χ3v) is 4.46. The van der Waals surface area contributed by atoms with Crippen LogP contribution in [0.15, 0.2) is 28.8 Å². The van der Waals surface area contributed by atoms with Crippen molar-refractivity contribution in [2.24, 2.45) is 0 Å². The van der Waals surface area contributed by atoms with Gasteiger partial charge in [0.05, 0.1) is 7.11 Å². The van der Waals surface area contributed by atoms with Crippen molar-refractivity contribution in [3.05, 3.63) is 46.8 Å². The van der Waals surface area contributed by atoms with Crippen LogP contribution in [-0.2, 0) is 27.3 Å². The molecule has 0 fully saturated rings. The molecule has 0 spiro atoms. The molecule has 1 aromatic carbocycles. The second-order valence-electron chi connectivity index (χ2n) is 7.93. The van der Waals surface area contributed by atoms with E-state index in [-0.39, 0.29) is 6.61 Å². The van der Waals surface area contributed by atoms with Crippen molar-refractivity contribution in [1.29, 1.82) is 0 Å². The van der Waals surface area contributed by atoms with Crippen LogP contribution in [0.3, 0.4) is 0 Å². The van der Waals surface area contributed by atoms with Crippen molar-refractivity contribution in [2.45, 2.75) is 52.4 Å². The van der Waals surface area contributed by atoms with Gasteiger partial charge in [-0.3, -0.25) is 4.90 Å². The third kappa shape index (κ3) is 4.88. The van der Waals surface area contributed by atoms with Gasteiger partial charge in [0.15, 0.2) is 6.04 Å². The first-order chi connectivity index (χ1) is 13.7. The lowest BCUT2D eigenvalue weighted by Gasteiger charge is -2.36. The fourth-order valence-corrected chi connectivity index (χ4v) is 3.22. The van der Waals surface area contributed by atoms with E-state index in [1.807, 2.05) is 19.1 Å². The minimum absolute atomic E-state index is 0.278. The number of ether oxygens (including phenoxy) is 3. The molecular weight excluding hydrogens is 376 g/mol. The van der Waals surface area contributed by atoms with Crippen molar-refractivity contribution in [3.8, 4) is 5.75 Å². The Morgan fingerprint density at radius 3 is 2.66 bits per heavy atom. The molecule has 0 radical (unpaired) electrons. The molecule has 8 heteroatoms. The minimum atomic E-state index is -0.856. The lowest BCUT2D eigenvalue weighted by Crippen LogP contribution is -2.46. The van der Waals surface area contributed by atoms with Gasteiger partial charge >= 0.3 is 12.1 Å². The standard InChI is InChI=1S/C21H26N2O6/c1-13-10-15(22-29-13)12-27-16-6-7-17-14(11-16)8-9-23(18(17)19(24)26-5)20(25)28-21(2,3)4/h6-7,10-11,18H,8-9,12H2,1-5H3/t18-/m1/s1. The van der Waals surface area contributed by atoms with Crippen LogP contribution in [-0.4, -0.2) is 41.4 Å². The number of carbonyl (C=O) groups is 2. The van der Waals surface area contributed by atoms with Crippen LogP contribution in [0, 0.1) is 6.92 Å². The average molecular weight is 402 g/mol. The van der Waals surface area contributed by atoms with E-state index in [2.05, 4.69) is 5.16 Å². The fourth-order valence-electron chi connectivity index (χ4n) is 3.22. The number of aromatic nitrogens is 1. The summed E-state index contributed by atoms with van der Waals surface area (Å²) in [6.45, 7) is 7.80. The second kappa shape index (κ2) is 8.14. The zero-order valence-electron chi connectivity index (χ0n) is 17.4. The molecule has 0 saturated carbocycles. The van der Waals surface area contributed by atoms with Gasteiger partial charge in [0.2, 0.25) is 0 Å². The number of carbonyl (C=O) groups excluding carboxylic acids is 2. The molecule has 1 aliphatic heterocycles. The molecule has 2 heterocycles. The summed E-state index contributed by atoms with van der Waals surface area (Å²) in [7, 11) is 1.31. The number of hydrogen-bond donors (Lipinski definition) is 0. The highest BCUT2D eigenvalue weighted by molar-refractivity contribution is 5.84. The van der Waals surface area contributed by atoms with Gasteiger partial charge in [0.1, 0.15) is 29.4 Å². The Balaban J connectivity index is 1.81. The maximum atomic E-state index is 12.6. The van der Waals surface area contributed by atoms with E-state index in [4.69, 9.17) is 18.7 Å². The number of aryl methyl sites for hydroxylation is 1. The van der Waals surface area contributed by atoms with Gasteiger partial charge in [-0.15, -0.1) is 0 Å².